The van der Waals surface area contributed by atoms with Crippen molar-refractivity contribution in [1.29, 1.82) is 0 Å². The van der Waals surface area contributed by atoms with E-state index in [9.17, 15) is 14.0 Å². The van der Waals surface area contributed by atoms with E-state index in [1.54, 1.807) is 47.3 Å². The molecule has 0 bridgehead atoms. The molecule has 0 saturated heterocycles. The van der Waals surface area contributed by atoms with E-state index in [1.165, 1.54) is 19.1 Å². The highest BCUT2D eigenvalue weighted by Crippen LogP contribution is 2.25. The monoisotopic (exact) mass is 428 g/mol. The van der Waals surface area contributed by atoms with Gasteiger partial charge in [-0.3, -0.25) is 9.59 Å². The van der Waals surface area contributed by atoms with E-state index in [0.29, 0.717) is 28.3 Å². The predicted octanol–water partition coefficient (Wildman–Crippen LogP) is 5.20. The van der Waals surface area contributed by atoms with Gasteiger partial charge in [-0.25, -0.2) is 9.07 Å². The van der Waals surface area contributed by atoms with E-state index in [1.807, 2.05) is 31.2 Å². The summed E-state index contributed by atoms with van der Waals surface area (Å²) in [7, 11) is 0. The lowest BCUT2D eigenvalue weighted by atomic mass is 10.1. The van der Waals surface area contributed by atoms with Crippen LogP contribution in [0.1, 0.15) is 22.8 Å². The van der Waals surface area contributed by atoms with Crippen LogP contribution in [-0.4, -0.2) is 21.6 Å². The summed E-state index contributed by atoms with van der Waals surface area (Å²) in [5.41, 5.74) is 4.64. The van der Waals surface area contributed by atoms with Gasteiger partial charge >= 0.3 is 0 Å². The number of aromatic nitrogens is 2. The van der Waals surface area contributed by atoms with Gasteiger partial charge in [0.05, 0.1) is 11.3 Å². The number of carbonyl (C=O) groups excluding carboxylic acids is 2. The SMILES string of the molecule is CC(=O)Nc1ccc(NC(=O)c2cn(-c3ccc(F)cc3)nc2-c2ccc(C)cc2)cc1. The van der Waals surface area contributed by atoms with Crippen LogP contribution in [0.5, 0.6) is 0 Å². The Labute approximate surface area is 184 Å². The Kier molecular flexibility index (Phi) is 5.81. The Hall–Kier alpha value is -4.26. The molecule has 2 N–H and O–H groups in total. The Balaban J connectivity index is 1.67. The van der Waals surface area contributed by atoms with Crippen LogP contribution in [0, 0.1) is 12.7 Å². The van der Waals surface area contributed by atoms with Gasteiger partial charge in [-0.1, -0.05) is 29.8 Å². The molecule has 4 aromatic rings. The standard InChI is InChI=1S/C25H21FN4O2/c1-16-3-5-18(6-4-16)24-23(15-30(29-24)22-13-7-19(26)8-14-22)25(32)28-21-11-9-20(10-12-21)27-17(2)31/h3-15H,1-2H3,(H,27,31)(H,28,32). The molecule has 0 radical (unpaired) electrons. The maximum absolute atomic E-state index is 13.3. The summed E-state index contributed by atoms with van der Waals surface area (Å²) >= 11 is 0. The second-order valence-electron chi connectivity index (χ2n) is 7.39. The number of benzene rings is 3. The molecule has 0 unspecified atom stereocenters. The molecule has 0 aliphatic heterocycles. The van der Waals surface area contributed by atoms with Gasteiger partial charge in [0.15, 0.2) is 0 Å². The molecule has 1 heterocycles. The van der Waals surface area contributed by atoms with Gasteiger partial charge in [0.25, 0.3) is 5.91 Å². The number of aryl methyl sites for hydroxylation is 1. The van der Waals surface area contributed by atoms with Gasteiger partial charge in [-0.05, 0) is 55.5 Å². The molecule has 7 heteroatoms. The highest BCUT2D eigenvalue weighted by molar-refractivity contribution is 6.08. The largest absolute Gasteiger partial charge is 0.326 e. The van der Waals surface area contributed by atoms with Gasteiger partial charge in [0.1, 0.15) is 11.5 Å². The Bertz CT molecular complexity index is 1260. The summed E-state index contributed by atoms with van der Waals surface area (Å²) in [6, 6.07) is 20.4. The summed E-state index contributed by atoms with van der Waals surface area (Å²) in [6.07, 6.45) is 1.63. The van der Waals surface area contributed by atoms with Crippen molar-refractivity contribution in [3.63, 3.8) is 0 Å². The Morgan fingerprint density at radius 1 is 0.844 bits per heavy atom. The fourth-order valence-electron chi connectivity index (χ4n) is 3.23. The van der Waals surface area contributed by atoms with Gasteiger partial charge < -0.3 is 10.6 Å². The average molecular weight is 428 g/mol. The number of nitrogens with zero attached hydrogens (tertiary/aromatic N) is 2. The molecule has 3 aromatic carbocycles. The maximum atomic E-state index is 13.3. The summed E-state index contributed by atoms with van der Waals surface area (Å²) in [4.78, 5) is 24.3. The molecule has 0 aliphatic carbocycles. The molecule has 1 aromatic heterocycles. The number of carbonyl (C=O) groups is 2. The molecule has 32 heavy (non-hydrogen) atoms. The summed E-state index contributed by atoms with van der Waals surface area (Å²) in [5.74, 6) is -0.848. The predicted molar refractivity (Wildman–Crippen MR) is 122 cm³/mol. The highest BCUT2D eigenvalue weighted by atomic mass is 19.1. The molecule has 6 nitrogen and oxygen atoms in total. The molecule has 0 fully saturated rings. The summed E-state index contributed by atoms with van der Waals surface area (Å²) in [5, 5.41) is 10.2. The van der Waals surface area contributed by atoms with Crippen LogP contribution < -0.4 is 10.6 Å². The van der Waals surface area contributed by atoms with Crippen LogP contribution in [0.25, 0.3) is 16.9 Å². The first-order chi connectivity index (χ1) is 15.4. The normalized spacial score (nSPS) is 10.6. The third kappa shape index (κ3) is 4.73. The lowest BCUT2D eigenvalue weighted by molar-refractivity contribution is -0.114. The van der Waals surface area contributed by atoms with Crippen LogP contribution in [-0.2, 0) is 4.79 Å². The van der Waals surface area contributed by atoms with Crippen molar-refractivity contribution in [3.05, 3.63) is 95.9 Å². The van der Waals surface area contributed by atoms with E-state index in [4.69, 9.17) is 0 Å². The molecule has 0 spiro atoms. The van der Waals surface area contributed by atoms with Crippen LogP contribution in [0.3, 0.4) is 0 Å². The number of rotatable bonds is 5. The number of hydrogen-bond donors (Lipinski definition) is 2. The zero-order chi connectivity index (χ0) is 22.7. The minimum atomic E-state index is -0.347. The van der Waals surface area contributed by atoms with Crippen molar-refractivity contribution in [2.45, 2.75) is 13.8 Å². The summed E-state index contributed by atoms with van der Waals surface area (Å²) in [6.45, 7) is 3.42. The van der Waals surface area contributed by atoms with E-state index in [0.717, 1.165) is 11.1 Å². The average Bonchev–Trinajstić information content (AvgIpc) is 3.21. The fourth-order valence-corrected chi connectivity index (χ4v) is 3.23. The molecular formula is C25H21FN4O2. The first-order valence-corrected chi connectivity index (χ1v) is 10.0. The van der Waals surface area contributed by atoms with Crippen molar-refractivity contribution in [3.8, 4) is 16.9 Å². The zero-order valence-corrected chi connectivity index (χ0v) is 17.6. The molecule has 0 saturated carbocycles. The highest BCUT2D eigenvalue weighted by Gasteiger charge is 2.19. The zero-order valence-electron chi connectivity index (χ0n) is 17.6. The maximum Gasteiger partial charge on any atom is 0.259 e. The van der Waals surface area contributed by atoms with Crippen molar-refractivity contribution in [1.82, 2.24) is 9.78 Å². The third-order valence-corrected chi connectivity index (χ3v) is 4.84. The lowest BCUT2D eigenvalue weighted by Crippen LogP contribution is -2.12. The molecule has 2 amide bonds. The smallest absolute Gasteiger partial charge is 0.259 e. The third-order valence-electron chi connectivity index (χ3n) is 4.84. The minimum absolute atomic E-state index is 0.169. The molecule has 0 aliphatic rings. The quantitative estimate of drug-likeness (QED) is 0.459. The van der Waals surface area contributed by atoms with Gasteiger partial charge in [0.2, 0.25) is 5.91 Å². The van der Waals surface area contributed by atoms with Gasteiger partial charge in [0, 0.05) is 30.1 Å². The van der Waals surface area contributed by atoms with Crippen LogP contribution >= 0.6 is 0 Å². The number of amides is 2. The molecule has 0 atom stereocenters. The van der Waals surface area contributed by atoms with E-state index in [-0.39, 0.29) is 17.6 Å². The minimum Gasteiger partial charge on any atom is -0.326 e. The molecule has 160 valence electrons. The lowest BCUT2D eigenvalue weighted by Gasteiger charge is -2.07. The molecular weight excluding hydrogens is 407 g/mol. The molecule has 4 rings (SSSR count). The number of anilines is 2. The summed E-state index contributed by atoms with van der Waals surface area (Å²) < 4.78 is 14.9. The second kappa shape index (κ2) is 8.85. The van der Waals surface area contributed by atoms with Crippen molar-refractivity contribution in [2.24, 2.45) is 0 Å². The number of hydrogen-bond acceptors (Lipinski definition) is 3. The van der Waals surface area contributed by atoms with Crippen molar-refractivity contribution >= 4 is 23.2 Å². The Morgan fingerprint density at radius 3 is 2.03 bits per heavy atom. The van der Waals surface area contributed by atoms with Crippen LogP contribution in [0.4, 0.5) is 15.8 Å². The topological polar surface area (TPSA) is 76.0 Å². The van der Waals surface area contributed by atoms with Gasteiger partial charge in [-0.2, -0.15) is 5.10 Å². The fraction of sp³-hybridized carbons (Fsp3) is 0.0800. The first-order valence-electron chi connectivity index (χ1n) is 10.0. The van der Waals surface area contributed by atoms with E-state index < -0.39 is 0 Å². The van der Waals surface area contributed by atoms with Crippen molar-refractivity contribution in [2.75, 3.05) is 10.6 Å². The van der Waals surface area contributed by atoms with E-state index in [2.05, 4.69) is 15.7 Å². The van der Waals surface area contributed by atoms with E-state index >= 15 is 0 Å². The second-order valence-corrected chi connectivity index (χ2v) is 7.39. The Morgan fingerprint density at radius 2 is 1.44 bits per heavy atom. The number of nitrogens with one attached hydrogen (secondary N) is 2. The van der Waals surface area contributed by atoms with Crippen molar-refractivity contribution < 1.29 is 14.0 Å². The van der Waals surface area contributed by atoms with Crippen LogP contribution in [0.15, 0.2) is 79.0 Å². The van der Waals surface area contributed by atoms with Crippen LogP contribution in [0.2, 0.25) is 0 Å². The van der Waals surface area contributed by atoms with Gasteiger partial charge in [-0.15, -0.1) is 0 Å². The first kappa shape index (κ1) is 21.0. The number of halogens is 1.